The maximum absolute atomic E-state index is 5.47. The molecule has 4 heteroatoms. The third kappa shape index (κ3) is 5.22. The van der Waals surface area contributed by atoms with Crippen LogP contribution < -0.4 is 5.32 Å². The molecule has 2 aliphatic heterocycles. The minimum absolute atomic E-state index is 0.560. The molecule has 106 valence electrons. The van der Waals surface area contributed by atoms with Crippen LogP contribution >= 0.6 is 0 Å². The first-order chi connectivity index (χ1) is 8.84. The summed E-state index contributed by atoms with van der Waals surface area (Å²) in [4.78, 5) is 2.46. The zero-order valence-electron chi connectivity index (χ0n) is 11.7. The SMILES string of the molecule is CN(CCC1CCOCC1)CCC1COCCN1. The van der Waals surface area contributed by atoms with Gasteiger partial charge in [-0.2, -0.15) is 0 Å². The van der Waals surface area contributed by atoms with Crippen LogP contribution in [0.2, 0.25) is 0 Å². The lowest BCUT2D eigenvalue weighted by atomic mass is 9.96. The minimum atomic E-state index is 0.560. The van der Waals surface area contributed by atoms with Crippen molar-refractivity contribution in [3.63, 3.8) is 0 Å². The van der Waals surface area contributed by atoms with Crippen molar-refractivity contribution in [2.75, 3.05) is 53.1 Å². The van der Waals surface area contributed by atoms with Crippen LogP contribution in [0.3, 0.4) is 0 Å². The number of ether oxygens (including phenoxy) is 2. The van der Waals surface area contributed by atoms with Crippen molar-refractivity contribution in [3.8, 4) is 0 Å². The molecule has 2 rings (SSSR count). The summed E-state index contributed by atoms with van der Waals surface area (Å²) >= 11 is 0. The topological polar surface area (TPSA) is 33.7 Å². The van der Waals surface area contributed by atoms with Crippen LogP contribution in [0.5, 0.6) is 0 Å². The normalized spacial score (nSPS) is 26.7. The molecule has 1 unspecified atom stereocenters. The molecular weight excluding hydrogens is 228 g/mol. The summed E-state index contributed by atoms with van der Waals surface area (Å²) in [6, 6.07) is 0.560. The fourth-order valence-electron chi connectivity index (χ4n) is 2.73. The lowest BCUT2D eigenvalue weighted by molar-refractivity contribution is 0.0589. The smallest absolute Gasteiger partial charge is 0.0620 e. The molecule has 0 aromatic rings. The Morgan fingerprint density at radius 3 is 2.56 bits per heavy atom. The molecule has 0 spiro atoms. The van der Waals surface area contributed by atoms with Gasteiger partial charge in [-0.1, -0.05) is 0 Å². The van der Waals surface area contributed by atoms with Gasteiger partial charge < -0.3 is 19.7 Å². The van der Waals surface area contributed by atoms with E-state index in [0.717, 1.165) is 38.9 Å². The van der Waals surface area contributed by atoms with Gasteiger partial charge in [-0.15, -0.1) is 0 Å². The second-order valence-corrected chi connectivity index (χ2v) is 5.66. The van der Waals surface area contributed by atoms with Crippen LogP contribution in [0.25, 0.3) is 0 Å². The summed E-state index contributed by atoms with van der Waals surface area (Å²) in [7, 11) is 2.24. The fraction of sp³-hybridized carbons (Fsp3) is 1.00. The van der Waals surface area contributed by atoms with E-state index in [4.69, 9.17) is 9.47 Å². The van der Waals surface area contributed by atoms with Gasteiger partial charge in [0.25, 0.3) is 0 Å². The Kier molecular flexibility index (Phi) is 6.41. The first-order valence-corrected chi connectivity index (χ1v) is 7.42. The van der Waals surface area contributed by atoms with E-state index in [1.165, 1.54) is 38.8 Å². The maximum atomic E-state index is 5.47. The Labute approximate surface area is 111 Å². The number of hydrogen-bond donors (Lipinski definition) is 1. The predicted molar refractivity (Wildman–Crippen MR) is 72.9 cm³/mol. The lowest BCUT2D eigenvalue weighted by Gasteiger charge is -2.27. The molecule has 18 heavy (non-hydrogen) atoms. The highest BCUT2D eigenvalue weighted by Gasteiger charge is 2.16. The van der Waals surface area contributed by atoms with Crippen LogP contribution in [-0.4, -0.2) is 64.1 Å². The number of nitrogens with one attached hydrogen (secondary N) is 1. The molecule has 1 N–H and O–H groups in total. The van der Waals surface area contributed by atoms with E-state index in [9.17, 15) is 0 Å². The number of rotatable bonds is 6. The van der Waals surface area contributed by atoms with Crippen LogP contribution in [0.15, 0.2) is 0 Å². The molecule has 0 saturated carbocycles. The molecule has 0 bridgehead atoms. The van der Waals surface area contributed by atoms with Gasteiger partial charge in [-0.05, 0) is 51.7 Å². The van der Waals surface area contributed by atoms with E-state index >= 15 is 0 Å². The van der Waals surface area contributed by atoms with E-state index in [1.54, 1.807) is 0 Å². The van der Waals surface area contributed by atoms with Gasteiger partial charge >= 0.3 is 0 Å². The lowest BCUT2D eigenvalue weighted by Crippen LogP contribution is -2.43. The van der Waals surface area contributed by atoms with E-state index in [1.807, 2.05) is 0 Å². The summed E-state index contributed by atoms with van der Waals surface area (Å²) in [5.74, 6) is 0.886. The standard InChI is InChI=1S/C14H28N2O2/c1-16(7-2-13-4-9-17-10-5-13)8-3-14-12-18-11-6-15-14/h13-15H,2-12H2,1H3. The minimum Gasteiger partial charge on any atom is -0.381 e. The Morgan fingerprint density at radius 1 is 1.06 bits per heavy atom. The quantitative estimate of drug-likeness (QED) is 0.772. The summed E-state index contributed by atoms with van der Waals surface area (Å²) in [6.07, 6.45) is 5.04. The molecule has 2 heterocycles. The van der Waals surface area contributed by atoms with Crippen LogP contribution in [0.1, 0.15) is 25.7 Å². The summed E-state index contributed by atoms with van der Waals surface area (Å²) in [5, 5.41) is 3.51. The zero-order valence-corrected chi connectivity index (χ0v) is 11.7. The van der Waals surface area contributed by atoms with E-state index in [-0.39, 0.29) is 0 Å². The molecule has 0 radical (unpaired) electrons. The molecule has 2 saturated heterocycles. The average Bonchev–Trinajstić information content (AvgIpc) is 2.45. The number of hydrogen-bond acceptors (Lipinski definition) is 4. The van der Waals surface area contributed by atoms with Crippen LogP contribution in [0, 0.1) is 5.92 Å². The predicted octanol–water partition coefficient (Wildman–Crippen LogP) is 1.11. The van der Waals surface area contributed by atoms with E-state index < -0.39 is 0 Å². The number of morpholine rings is 1. The first-order valence-electron chi connectivity index (χ1n) is 7.42. The maximum Gasteiger partial charge on any atom is 0.0620 e. The van der Waals surface area contributed by atoms with Crippen LogP contribution in [0.4, 0.5) is 0 Å². The highest BCUT2D eigenvalue weighted by atomic mass is 16.5. The molecule has 0 amide bonds. The van der Waals surface area contributed by atoms with Gasteiger partial charge in [0.1, 0.15) is 0 Å². The second kappa shape index (κ2) is 8.10. The van der Waals surface area contributed by atoms with Gasteiger partial charge in [-0.3, -0.25) is 0 Å². The van der Waals surface area contributed by atoms with Gasteiger partial charge in [-0.25, -0.2) is 0 Å². The molecule has 4 nitrogen and oxygen atoms in total. The highest BCUT2D eigenvalue weighted by Crippen LogP contribution is 2.18. The zero-order chi connectivity index (χ0) is 12.6. The molecule has 0 aromatic carbocycles. The van der Waals surface area contributed by atoms with Crippen LogP contribution in [-0.2, 0) is 9.47 Å². The van der Waals surface area contributed by atoms with Crippen molar-refractivity contribution in [1.82, 2.24) is 10.2 Å². The van der Waals surface area contributed by atoms with Gasteiger partial charge in [0.05, 0.1) is 13.2 Å². The summed E-state index contributed by atoms with van der Waals surface area (Å²) in [5.41, 5.74) is 0. The van der Waals surface area contributed by atoms with Crippen molar-refractivity contribution >= 4 is 0 Å². The Bertz CT molecular complexity index is 192. The Morgan fingerprint density at radius 2 is 1.83 bits per heavy atom. The molecule has 1 atom stereocenters. The molecular formula is C14H28N2O2. The molecule has 0 aliphatic carbocycles. The molecule has 0 aromatic heterocycles. The largest absolute Gasteiger partial charge is 0.381 e. The third-order valence-electron chi connectivity index (χ3n) is 4.12. The van der Waals surface area contributed by atoms with Crippen molar-refractivity contribution < 1.29 is 9.47 Å². The summed E-state index contributed by atoms with van der Waals surface area (Å²) < 4.78 is 10.9. The van der Waals surface area contributed by atoms with Gasteiger partial charge in [0, 0.05) is 25.8 Å². The van der Waals surface area contributed by atoms with Crippen molar-refractivity contribution in [1.29, 1.82) is 0 Å². The Balaban J connectivity index is 1.52. The first kappa shape index (κ1) is 14.3. The highest BCUT2D eigenvalue weighted by molar-refractivity contribution is 4.72. The average molecular weight is 256 g/mol. The fourth-order valence-corrected chi connectivity index (χ4v) is 2.73. The monoisotopic (exact) mass is 256 g/mol. The van der Waals surface area contributed by atoms with E-state index in [2.05, 4.69) is 17.3 Å². The third-order valence-corrected chi connectivity index (χ3v) is 4.12. The van der Waals surface area contributed by atoms with Crippen molar-refractivity contribution in [2.45, 2.75) is 31.7 Å². The van der Waals surface area contributed by atoms with Gasteiger partial charge in [0.15, 0.2) is 0 Å². The van der Waals surface area contributed by atoms with Crippen molar-refractivity contribution in [3.05, 3.63) is 0 Å². The number of nitrogens with zero attached hydrogens (tertiary/aromatic N) is 1. The second-order valence-electron chi connectivity index (χ2n) is 5.66. The molecule has 2 fully saturated rings. The molecule has 2 aliphatic rings. The van der Waals surface area contributed by atoms with Gasteiger partial charge in [0.2, 0.25) is 0 Å². The Hall–Kier alpha value is -0.160. The van der Waals surface area contributed by atoms with E-state index in [0.29, 0.717) is 6.04 Å². The summed E-state index contributed by atoms with van der Waals surface area (Å²) in [6.45, 7) is 7.10. The van der Waals surface area contributed by atoms with Crippen molar-refractivity contribution in [2.24, 2.45) is 5.92 Å².